The third kappa shape index (κ3) is 4.21. The maximum atomic E-state index is 12.1. The molecule has 9 heteroatoms. The molecule has 0 spiro atoms. The summed E-state index contributed by atoms with van der Waals surface area (Å²) in [6.45, 7) is -3.36. The monoisotopic (exact) mass is 260 g/mol. The molecule has 0 atom stereocenters. The molecule has 0 radical (unpaired) electrons. The minimum Gasteiger partial charge on any atom is -0.448 e. The van der Waals surface area contributed by atoms with Crippen LogP contribution in [0.3, 0.4) is 0 Å². The van der Waals surface area contributed by atoms with E-state index >= 15 is 0 Å². The van der Waals surface area contributed by atoms with Crippen molar-refractivity contribution >= 4 is 6.98 Å². The number of nitrogens with zero attached hydrogens (tertiary/aromatic N) is 2. The molecule has 0 bridgehead atoms. The molecular weight excluding hydrogens is 251 g/mol. The molecular formula is C7H9BF3KN2O2. The first-order valence-corrected chi connectivity index (χ1v) is 4.36. The van der Waals surface area contributed by atoms with Crippen LogP contribution < -0.4 is 62.6 Å². The Kier molecular flexibility index (Phi) is 6.26. The zero-order valence-electron chi connectivity index (χ0n) is 8.99. The summed E-state index contributed by atoms with van der Waals surface area (Å²) < 4.78 is 37.5. The Morgan fingerprint density at radius 3 is 2.31 bits per heavy atom. The van der Waals surface area contributed by atoms with Gasteiger partial charge in [-0.3, -0.25) is 9.36 Å². The molecule has 1 heterocycles. The van der Waals surface area contributed by atoms with Crippen molar-refractivity contribution in [2.24, 2.45) is 0 Å². The zero-order valence-corrected chi connectivity index (χ0v) is 12.1. The van der Waals surface area contributed by atoms with Crippen LogP contribution in [0.1, 0.15) is 6.92 Å². The fourth-order valence-corrected chi connectivity index (χ4v) is 1.17. The van der Waals surface area contributed by atoms with Gasteiger partial charge in [-0.25, -0.2) is 4.79 Å². The average Bonchev–Trinajstić information content (AvgIpc) is 2.11. The van der Waals surface area contributed by atoms with Crippen molar-refractivity contribution in [2.45, 2.75) is 19.9 Å². The summed E-state index contributed by atoms with van der Waals surface area (Å²) in [5.74, 6) is 0. The fourth-order valence-electron chi connectivity index (χ4n) is 1.17. The normalized spacial score (nSPS) is 11.0. The van der Waals surface area contributed by atoms with Crippen LogP contribution in [-0.4, -0.2) is 16.1 Å². The Morgan fingerprint density at radius 2 is 1.88 bits per heavy atom. The largest absolute Gasteiger partial charge is 1.00 e. The van der Waals surface area contributed by atoms with Crippen molar-refractivity contribution in [1.29, 1.82) is 0 Å². The number of hydrogen-bond donors (Lipinski definition) is 0. The molecule has 0 saturated carbocycles. The number of aryl methyl sites for hydroxylation is 1. The Balaban J connectivity index is 0.00000225. The Morgan fingerprint density at radius 1 is 1.31 bits per heavy atom. The molecule has 0 aliphatic carbocycles. The minimum absolute atomic E-state index is 0. The molecule has 1 aromatic heterocycles. The Bertz CT molecular complexity index is 468. The van der Waals surface area contributed by atoms with Crippen LogP contribution >= 0.6 is 0 Å². The van der Waals surface area contributed by atoms with Gasteiger partial charge in [0.15, 0.2) is 0 Å². The summed E-state index contributed by atoms with van der Waals surface area (Å²) in [5.41, 5.74) is -1.85. The van der Waals surface area contributed by atoms with E-state index < -0.39 is 24.7 Å². The molecule has 0 unspecified atom stereocenters. The molecule has 0 aliphatic heterocycles. The maximum Gasteiger partial charge on any atom is 1.00 e. The van der Waals surface area contributed by atoms with Crippen molar-refractivity contribution < 1.29 is 64.3 Å². The zero-order chi connectivity index (χ0) is 11.6. The van der Waals surface area contributed by atoms with Crippen molar-refractivity contribution in [3.8, 4) is 0 Å². The van der Waals surface area contributed by atoms with Crippen molar-refractivity contribution in [2.75, 3.05) is 0 Å². The summed E-state index contributed by atoms with van der Waals surface area (Å²) in [6.07, 6.45) is -0.303. The van der Waals surface area contributed by atoms with E-state index in [0.29, 0.717) is 0 Å². The molecule has 1 aromatic rings. The summed E-state index contributed by atoms with van der Waals surface area (Å²) in [7, 11) is 0. The van der Waals surface area contributed by atoms with E-state index in [0.717, 1.165) is 10.6 Å². The number of halogens is 3. The molecule has 84 valence electrons. The molecule has 0 amide bonds. The van der Waals surface area contributed by atoms with E-state index in [4.69, 9.17) is 0 Å². The average molecular weight is 260 g/mol. The topological polar surface area (TPSA) is 44.0 Å². The van der Waals surface area contributed by atoms with Crippen LogP contribution in [-0.2, 0) is 13.0 Å². The van der Waals surface area contributed by atoms with Crippen LogP contribution in [0.2, 0.25) is 0 Å². The molecule has 0 fully saturated rings. The maximum absolute atomic E-state index is 12.1. The van der Waals surface area contributed by atoms with Crippen LogP contribution in [0, 0.1) is 0 Å². The minimum atomic E-state index is -5.19. The predicted octanol–water partition coefficient (Wildman–Crippen LogP) is -2.58. The van der Waals surface area contributed by atoms with E-state index in [1.54, 1.807) is 6.92 Å². The van der Waals surface area contributed by atoms with Crippen LogP contribution in [0.15, 0.2) is 21.9 Å². The van der Waals surface area contributed by atoms with E-state index in [9.17, 15) is 22.5 Å². The second kappa shape index (κ2) is 6.20. The van der Waals surface area contributed by atoms with Crippen molar-refractivity contribution in [3.05, 3.63) is 33.1 Å². The van der Waals surface area contributed by atoms with Gasteiger partial charge in [-0.05, 0) is 6.92 Å². The SMILES string of the molecule is CCn1ccc(=O)n(C[B-](F)(F)F)c1=O.[K+]. The van der Waals surface area contributed by atoms with Gasteiger partial charge in [0.2, 0.25) is 0 Å². The summed E-state index contributed by atoms with van der Waals surface area (Å²) >= 11 is 0. The summed E-state index contributed by atoms with van der Waals surface area (Å²) in [6, 6.07) is 0.951. The molecule has 0 N–H and O–H groups in total. The molecule has 1 rings (SSSR count). The van der Waals surface area contributed by atoms with Gasteiger partial charge in [0, 0.05) is 25.3 Å². The molecule has 4 nitrogen and oxygen atoms in total. The number of aromatic nitrogens is 2. The first-order chi connectivity index (χ1) is 6.85. The van der Waals surface area contributed by atoms with Crippen molar-refractivity contribution in [3.63, 3.8) is 0 Å². The van der Waals surface area contributed by atoms with Gasteiger partial charge in [0.05, 0.1) is 0 Å². The van der Waals surface area contributed by atoms with Gasteiger partial charge in [-0.1, -0.05) is 0 Å². The molecule has 0 aliphatic rings. The third-order valence-corrected chi connectivity index (χ3v) is 1.87. The number of hydrogen-bond acceptors (Lipinski definition) is 2. The van der Waals surface area contributed by atoms with Gasteiger partial charge in [0.25, 0.3) is 5.56 Å². The van der Waals surface area contributed by atoms with E-state index in [1.807, 2.05) is 0 Å². The molecule has 0 saturated heterocycles. The second-order valence-corrected chi connectivity index (χ2v) is 3.04. The first kappa shape index (κ1) is 16.2. The van der Waals surface area contributed by atoms with Crippen LogP contribution in [0.4, 0.5) is 12.9 Å². The van der Waals surface area contributed by atoms with Crippen LogP contribution in [0.25, 0.3) is 0 Å². The Hall–Kier alpha value is 0.171. The van der Waals surface area contributed by atoms with Crippen LogP contribution in [0.5, 0.6) is 0 Å². The van der Waals surface area contributed by atoms with E-state index in [1.165, 1.54) is 6.20 Å². The van der Waals surface area contributed by atoms with Gasteiger partial charge in [0.1, 0.15) is 0 Å². The quantitative estimate of drug-likeness (QED) is 0.560. The Labute approximate surface area is 132 Å². The summed E-state index contributed by atoms with van der Waals surface area (Å²) in [5, 5.41) is 0. The first-order valence-electron chi connectivity index (χ1n) is 4.36. The predicted molar refractivity (Wildman–Crippen MR) is 49.7 cm³/mol. The van der Waals surface area contributed by atoms with E-state index in [2.05, 4.69) is 0 Å². The van der Waals surface area contributed by atoms with Gasteiger partial charge < -0.3 is 17.5 Å². The molecule has 0 aromatic carbocycles. The molecule has 16 heavy (non-hydrogen) atoms. The van der Waals surface area contributed by atoms with Gasteiger partial charge in [-0.2, -0.15) is 0 Å². The fraction of sp³-hybridized carbons (Fsp3) is 0.429. The third-order valence-electron chi connectivity index (χ3n) is 1.87. The summed E-state index contributed by atoms with van der Waals surface area (Å²) in [4.78, 5) is 22.4. The van der Waals surface area contributed by atoms with Crippen molar-refractivity contribution in [1.82, 2.24) is 9.13 Å². The number of rotatable bonds is 3. The van der Waals surface area contributed by atoms with Gasteiger partial charge in [-0.15, -0.1) is 0 Å². The smallest absolute Gasteiger partial charge is 0.448 e. The standard InChI is InChI=1S/C7H9BF3N2O2.K/c1-2-12-4-3-6(14)13(7(12)15)5-8(9,10)11;/h3-4H,2,5H2,1H3;/q-1;+1. The van der Waals surface area contributed by atoms with Gasteiger partial charge >= 0.3 is 64.1 Å². The van der Waals surface area contributed by atoms with E-state index in [-0.39, 0.29) is 62.5 Å². The second-order valence-electron chi connectivity index (χ2n) is 3.04.